The average molecular weight is 356 g/mol. The highest BCUT2D eigenvalue weighted by Gasteiger charge is 2.38. The molecule has 0 atom stereocenters. The number of halogens is 2. The number of ketones is 1. The monoisotopic (exact) mass is 355 g/mol. The predicted octanol–water partition coefficient (Wildman–Crippen LogP) is 2.24. The van der Waals surface area contributed by atoms with Crippen LogP contribution in [0.25, 0.3) is 0 Å². The van der Waals surface area contributed by atoms with Crippen LogP contribution in [0.5, 0.6) is 0 Å². The molecule has 0 aliphatic carbocycles. The Bertz CT molecular complexity index is 671. The Labute approximate surface area is 128 Å². The normalized spacial score (nSPS) is 13.4. The van der Waals surface area contributed by atoms with Gasteiger partial charge in [-0.15, -0.1) is 0 Å². The molecule has 0 unspecified atom stereocenters. The third-order valence-corrected chi connectivity index (χ3v) is 3.50. The summed E-state index contributed by atoms with van der Waals surface area (Å²) in [5.74, 6) is -2.93. The van der Waals surface area contributed by atoms with Crippen LogP contribution in [0.4, 0.5) is 10.1 Å². The van der Waals surface area contributed by atoms with Crippen LogP contribution in [-0.4, -0.2) is 30.8 Å². The first-order valence-electron chi connectivity index (χ1n) is 6.07. The summed E-state index contributed by atoms with van der Waals surface area (Å²) in [5.41, 5.74) is 0.224. The molecule has 1 aromatic carbocycles. The molecule has 0 saturated carbocycles. The van der Waals surface area contributed by atoms with Crippen molar-refractivity contribution in [2.45, 2.75) is 6.92 Å². The van der Waals surface area contributed by atoms with Crippen molar-refractivity contribution < 1.29 is 23.5 Å². The molecule has 0 fully saturated rings. The van der Waals surface area contributed by atoms with Crippen molar-refractivity contribution in [3.63, 3.8) is 0 Å². The van der Waals surface area contributed by atoms with Crippen molar-refractivity contribution in [3.05, 3.63) is 40.1 Å². The van der Waals surface area contributed by atoms with Crippen LogP contribution < -0.4 is 4.90 Å². The minimum absolute atomic E-state index is 0.0297. The van der Waals surface area contributed by atoms with Crippen LogP contribution in [0.1, 0.15) is 17.3 Å². The smallest absolute Gasteiger partial charge is 0.335 e. The van der Waals surface area contributed by atoms with E-state index in [4.69, 9.17) is 4.74 Å². The molecule has 0 saturated heterocycles. The predicted molar refractivity (Wildman–Crippen MR) is 76.6 cm³/mol. The molecule has 0 N–H and O–H groups in total. The second-order valence-corrected chi connectivity index (χ2v) is 5.18. The molecule has 0 radical (unpaired) electrons. The maximum atomic E-state index is 13.3. The van der Waals surface area contributed by atoms with E-state index in [1.165, 1.54) is 0 Å². The van der Waals surface area contributed by atoms with E-state index in [0.717, 1.165) is 17.0 Å². The van der Waals surface area contributed by atoms with Gasteiger partial charge in [-0.25, -0.2) is 9.18 Å². The van der Waals surface area contributed by atoms with Gasteiger partial charge in [-0.3, -0.25) is 14.5 Å². The number of amides is 1. The average Bonchev–Trinajstić information content (AvgIpc) is 2.64. The molecular weight excluding hydrogens is 345 g/mol. The van der Waals surface area contributed by atoms with Gasteiger partial charge in [0.25, 0.3) is 11.7 Å². The Kier molecular flexibility index (Phi) is 4.22. The number of esters is 1. The number of hydrogen-bond acceptors (Lipinski definition) is 4. The summed E-state index contributed by atoms with van der Waals surface area (Å²) in [4.78, 5) is 36.5. The third-order valence-electron chi connectivity index (χ3n) is 2.90. The Hall–Kier alpha value is -2.02. The van der Waals surface area contributed by atoms with Crippen molar-refractivity contribution in [1.82, 2.24) is 0 Å². The zero-order valence-corrected chi connectivity index (χ0v) is 12.7. The molecule has 1 aromatic rings. The summed E-state index contributed by atoms with van der Waals surface area (Å²) >= 11 is 3.12. The first-order chi connectivity index (χ1) is 9.86. The van der Waals surface area contributed by atoms with E-state index in [0.29, 0.717) is 0 Å². The number of Topliss-reactive ketones (excluding diaryl/α,β-unsaturated/α-hetero) is 1. The van der Waals surface area contributed by atoms with E-state index in [2.05, 4.69) is 22.5 Å². The van der Waals surface area contributed by atoms with Gasteiger partial charge in [0.05, 0.1) is 24.4 Å². The highest BCUT2D eigenvalue weighted by Crippen LogP contribution is 2.37. The van der Waals surface area contributed by atoms with Gasteiger partial charge in [0.15, 0.2) is 0 Å². The Balaban J connectivity index is 2.36. The van der Waals surface area contributed by atoms with Gasteiger partial charge in [-0.1, -0.05) is 6.58 Å². The van der Waals surface area contributed by atoms with Crippen molar-refractivity contribution in [1.29, 1.82) is 0 Å². The van der Waals surface area contributed by atoms with E-state index >= 15 is 0 Å². The maximum Gasteiger partial charge on any atom is 0.335 e. The molecule has 7 heteroatoms. The maximum absolute atomic E-state index is 13.3. The van der Waals surface area contributed by atoms with Crippen LogP contribution in [0.15, 0.2) is 28.8 Å². The summed E-state index contributed by atoms with van der Waals surface area (Å²) in [6.45, 7) is 5.17. The topological polar surface area (TPSA) is 63.7 Å². The molecular formula is C14H11BrFNO4. The standard InChI is InChI=1S/C14H11BrFNO4/c1-3-21-14(20)7(2)6-17-11-9(12(18)13(17)19)4-8(16)5-10(11)15/h4-5H,2-3,6H2,1H3. The Morgan fingerprint density at radius 2 is 2.10 bits per heavy atom. The van der Waals surface area contributed by atoms with Crippen molar-refractivity contribution in [2.75, 3.05) is 18.1 Å². The number of fused-ring (bicyclic) bond motifs is 1. The number of benzene rings is 1. The van der Waals surface area contributed by atoms with Gasteiger partial charge >= 0.3 is 5.97 Å². The van der Waals surface area contributed by atoms with Gasteiger partial charge in [0, 0.05) is 10.0 Å². The van der Waals surface area contributed by atoms with Crippen molar-refractivity contribution in [2.24, 2.45) is 0 Å². The van der Waals surface area contributed by atoms with E-state index < -0.39 is 23.5 Å². The lowest BCUT2D eigenvalue weighted by Crippen LogP contribution is -2.33. The number of rotatable bonds is 4. The lowest BCUT2D eigenvalue weighted by molar-refractivity contribution is -0.138. The second-order valence-electron chi connectivity index (χ2n) is 4.33. The zero-order valence-electron chi connectivity index (χ0n) is 11.1. The summed E-state index contributed by atoms with van der Waals surface area (Å²) in [6.07, 6.45) is 0. The fourth-order valence-corrected chi connectivity index (χ4v) is 2.64. The van der Waals surface area contributed by atoms with Gasteiger partial charge < -0.3 is 4.74 Å². The highest BCUT2D eigenvalue weighted by molar-refractivity contribution is 9.10. The summed E-state index contributed by atoms with van der Waals surface area (Å²) in [7, 11) is 0. The van der Waals surface area contributed by atoms with Crippen LogP contribution in [-0.2, 0) is 14.3 Å². The number of carbonyl (C=O) groups excluding carboxylic acids is 3. The lowest BCUT2D eigenvalue weighted by atomic mass is 10.1. The molecule has 110 valence electrons. The molecule has 1 amide bonds. The molecule has 0 bridgehead atoms. The fourth-order valence-electron chi connectivity index (χ4n) is 1.99. The largest absolute Gasteiger partial charge is 0.463 e. The third kappa shape index (κ3) is 2.73. The quantitative estimate of drug-likeness (QED) is 0.472. The summed E-state index contributed by atoms with van der Waals surface area (Å²) < 4.78 is 18.4. The molecule has 5 nitrogen and oxygen atoms in total. The number of ether oxygens (including phenoxy) is 1. The minimum Gasteiger partial charge on any atom is -0.463 e. The van der Waals surface area contributed by atoms with Gasteiger partial charge in [0.2, 0.25) is 0 Å². The molecule has 1 aliphatic heterocycles. The molecule has 2 rings (SSSR count). The molecule has 1 aliphatic rings. The minimum atomic E-state index is -0.832. The van der Waals surface area contributed by atoms with Gasteiger partial charge in [-0.05, 0) is 35.0 Å². The highest BCUT2D eigenvalue weighted by atomic mass is 79.9. The van der Waals surface area contributed by atoms with Crippen molar-refractivity contribution in [3.8, 4) is 0 Å². The summed E-state index contributed by atoms with van der Waals surface area (Å²) in [5, 5.41) is 0. The zero-order chi connectivity index (χ0) is 15.7. The van der Waals surface area contributed by atoms with Crippen LogP contribution in [0, 0.1) is 5.82 Å². The van der Waals surface area contributed by atoms with Crippen LogP contribution in [0.2, 0.25) is 0 Å². The van der Waals surface area contributed by atoms with Crippen LogP contribution >= 0.6 is 15.9 Å². The van der Waals surface area contributed by atoms with Gasteiger partial charge in [-0.2, -0.15) is 0 Å². The molecule has 0 aromatic heterocycles. The molecule has 1 heterocycles. The molecule has 21 heavy (non-hydrogen) atoms. The van der Waals surface area contributed by atoms with Crippen molar-refractivity contribution >= 4 is 39.3 Å². The van der Waals surface area contributed by atoms with E-state index in [1.807, 2.05) is 0 Å². The number of hydrogen-bond donors (Lipinski definition) is 0. The fraction of sp³-hybridized carbons (Fsp3) is 0.214. The second kappa shape index (κ2) is 5.77. The SMILES string of the molecule is C=C(CN1C(=O)C(=O)c2cc(F)cc(Br)c21)C(=O)OCC. The lowest BCUT2D eigenvalue weighted by Gasteiger charge is -2.18. The van der Waals surface area contributed by atoms with Gasteiger partial charge in [0.1, 0.15) is 5.82 Å². The van der Waals surface area contributed by atoms with E-state index in [-0.39, 0.29) is 34.4 Å². The summed E-state index contributed by atoms with van der Waals surface area (Å²) in [6, 6.07) is 2.14. The Morgan fingerprint density at radius 1 is 1.43 bits per heavy atom. The molecule has 0 spiro atoms. The Morgan fingerprint density at radius 3 is 2.71 bits per heavy atom. The number of nitrogens with zero attached hydrogens (tertiary/aromatic N) is 1. The first-order valence-corrected chi connectivity index (χ1v) is 6.86. The van der Waals surface area contributed by atoms with E-state index in [9.17, 15) is 18.8 Å². The van der Waals surface area contributed by atoms with E-state index in [1.54, 1.807) is 6.92 Å². The first kappa shape index (κ1) is 15.4. The van der Waals surface area contributed by atoms with Crippen LogP contribution in [0.3, 0.4) is 0 Å². The number of carbonyl (C=O) groups is 3. The number of anilines is 1.